The van der Waals surface area contributed by atoms with Gasteiger partial charge in [0.1, 0.15) is 5.57 Å². The topological polar surface area (TPSA) is 65.5 Å². The third kappa shape index (κ3) is 2.01. The zero-order valence-corrected chi connectivity index (χ0v) is 9.78. The van der Waals surface area contributed by atoms with Gasteiger partial charge < -0.3 is 9.52 Å². The molecule has 0 bridgehead atoms. The van der Waals surface area contributed by atoms with E-state index in [0.29, 0.717) is 11.3 Å². The SMILES string of the molecule is O=C1O[N+](=Cc2ccco2)C([O-])=C1c1ccccc1. The van der Waals surface area contributed by atoms with E-state index in [1.165, 1.54) is 12.5 Å². The van der Waals surface area contributed by atoms with Crippen LogP contribution in [0.5, 0.6) is 0 Å². The molecule has 0 N–H and O–H groups in total. The predicted molar refractivity (Wildman–Crippen MR) is 63.6 cm³/mol. The fraction of sp³-hybridized carbons (Fsp3) is 0. The number of hydroxylamine groups is 1. The largest absolute Gasteiger partial charge is 0.819 e. The summed E-state index contributed by atoms with van der Waals surface area (Å²) < 4.78 is 5.95. The smallest absolute Gasteiger partial charge is 0.417 e. The lowest BCUT2D eigenvalue weighted by molar-refractivity contribution is -0.770. The van der Waals surface area contributed by atoms with E-state index in [4.69, 9.17) is 9.25 Å². The van der Waals surface area contributed by atoms with Crippen molar-refractivity contribution in [3.05, 3.63) is 65.9 Å². The van der Waals surface area contributed by atoms with Gasteiger partial charge in [-0.2, -0.15) is 4.84 Å². The van der Waals surface area contributed by atoms with Crippen LogP contribution in [-0.2, 0) is 9.63 Å². The molecule has 1 aromatic heterocycles. The van der Waals surface area contributed by atoms with Crippen LogP contribution < -0.4 is 5.11 Å². The monoisotopic (exact) mass is 255 g/mol. The molecule has 0 atom stereocenters. The number of benzene rings is 1. The molecule has 0 fully saturated rings. The minimum absolute atomic E-state index is 0.0170. The van der Waals surface area contributed by atoms with Gasteiger partial charge in [-0.3, -0.25) is 0 Å². The van der Waals surface area contributed by atoms with Crippen molar-refractivity contribution in [2.24, 2.45) is 0 Å². The molecule has 1 aromatic carbocycles. The molecule has 2 aromatic rings. The van der Waals surface area contributed by atoms with E-state index < -0.39 is 11.9 Å². The maximum Gasteiger partial charge on any atom is 0.417 e. The van der Waals surface area contributed by atoms with E-state index in [1.807, 2.05) is 6.07 Å². The second kappa shape index (κ2) is 4.45. The van der Waals surface area contributed by atoms with Gasteiger partial charge in [0.25, 0.3) is 6.21 Å². The Balaban J connectivity index is 2.05. The standard InChI is InChI=1S/C14H9NO4/c16-13-12(10-5-2-1-3-6-10)14(17)19-15(13)9-11-7-4-8-18-11/h1-9H. The normalized spacial score (nSPS) is 17.1. The first-order valence-electron chi connectivity index (χ1n) is 5.62. The van der Waals surface area contributed by atoms with Gasteiger partial charge in [-0.25, -0.2) is 4.79 Å². The van der Waals surface area contributed by atoms with E-state index in [2.05, 4.69) is 0 Å². The van der Waals surface area contributed by atoms with Gasteiger partial charge >= 0.3 is 5.97 Å². The van der Waals surface area contributed by atoms with Gasteiger partial charge in [-0.1, -0.05) is 30.3 Å². The lowest BCUT2D eigenvalue weighted by Gasteiger charge is -1.99. The van der Waals surface area contributed by atoms with Crippen LogP contribution in [0.3, 0.4) is 0 Å². The fourth-order valence-electron chi connectivity index (χ4n) is 1.79. The van der Waals surface area contributed by atoms with E-state index >= 15 is 0 Å². The number of carbonyl (C=O) groups is 1. The van der Waals surface area contributed by atoms with E-state index in [1.54, 1.807) is 36.4 Å². The van der Waals surface area contributed by atoms with Crippen molar-refractivity contribution in [3.63, 3.8) is 0 Å². The van der Waals surface area contributed by atoms with Crippen molar-refractivity contribution in [1.29, 1.82) is 0 Å². The number of hydrogen-bond donors (Lipinski definition) is 0. The Hall–Kier alpha value is -2.82. The maximum atomic E-state index is 12.1. The Labute approximate surface area is 108 Å². The number of furan rings is 1. The highest BCUT2D eigenvalue weighted by Gasteiger charge is 2.33. The van der Waals surface area contributed by atoms with E-state index in [-0.39, 0.29) is 5.57 Å². The van der Waals surface area contributed by atoms with Crippen LogP contribution in [0.1, 0.15) is 11.3 Å². The van der Waals surface area contributed by atoms with Gasteiger partial charge in [0, 0.05) is 4.74 Å². The van der Waals surface area contributed by atoms with E-state index in [0.717, 1.165) is 4.74 Å². The summed E-state index contributed by atoms with van der Waals surface area (Å²) in [6.45, 7) is 0. The Bertz CT molecular complexity index is 669. The van der Waals surface area contributed by atoms with Crippen molar-refractivity contribution >= 4 is 17.8 Å². The molecule has 0 aliphatic carbocycles. The van der Waals surface area contributed by atoms with Crippen LogP contribution in [0.25, 0.3) is 5.57 Å². The lowest BCUT2D eigenvalue weighted by Crippen LogP contribution is -2.18. The van der Waals surface area contributed by atoms with Crippen molar-refractivity contribution in [3.8, 4) is 0 Å². The van der Waals surface area contributed by atoms with Gasteiger partial charge in [-0.05, 0) is 17.7 Å². The molecule has 5 heteroatoms. The molecule has 1 aliphatic heterocycles. The molecule has 1 aliphatic rings. The number of rotatable bonds is 2. The van der Waals surface area contributed by atoms with Crippen molar-refractivity contribution in [1.82, 2.24) is 0 Å². The molecule has 19 heavy (non-hydrogen) atoms. The Morgan fingerprint density at radius 1 is 1.11 bits per heavy atom. The Morgan fingerprint density at radius 2 is 1.89 bits per heavy atom. The minimum atomic E-state index is -0.668. The summed E-state index contributed by atoms with van der Waals surface area (Å²) in [7, 11) is 0. The predicted octanol–water partition coefficient (Wildman–Crippen LogP) is 0.912. The second-order valence-electron chi connectivity index (χ2n) is 3.90. The molecular weight excluding hydrogens is 246 g/mol. The molecule has 0 amide bonds. The molecule has 0 spiro atoms. The fourth-order valence-corrected chi connectivity index (χ4v) is 1.79. The third-order valence-corrected chi connectivity index (χ3v) is 2.65. The van der Waals surface area contributed by atoms with Gasteiger partial charge in [0.2, 0.25) is 5.88 Å². The molecule has 3 rings (SSSR count). The van der Waals surface area contributed by atoms with Crippen molar-refractivity contribution in [2.75, 3.05) is 0 Å². The molecule has 0 saturated carbocycles. The van der Waals surface area contributed by atoms with Crippen LogP contribution >= 0.6 is 0 Å². The number of hydrogen-bond acceptors (Lipinski definition) is 4. The molecular formula is C14H9NO4. The molecule has 5 nitrogen and oxygen atoms in total. The van der Waals surface area contributed by atoms with Crippen LogP contribution in [0.4, 0.5) is 0 Å². The quantitative estimate of drug-likeness (QED) is 0.591. The highest BCUT2D eigenvalue weighted by atomic mass is 16.7. The van der Waals surface area contributed by atoms with Crippen LogP contribution in [0.15, 0.2) is 59.0 Å². The highest BCUT2D eigenvalue weighted by molar-refractivity contribution is 6.17. The minimum Gasteiger partial charge on any atom is -0.819 e. The number of carbonyl (C=O) groups excluding carboxylic acids is 1. The van der Waals surface area contributed by atoms with Crippen molar-refractivity contribution in [2.45, 2.75) is 0 Å². The summed E-state index contributed by atoms with van der Waals surface area (Å²) in [5.74, 6) is -0.748. The number of nitrogens with zero attached hydrogens (tertiary/aromatic N) is 1. The third-order valence-electron chi connectivity index (χ3n) is 2.65. The first kappa shape index (κ1) is 11.3. The summed E-state index contributed by atoms with van der Waals surface area (Å²) in [6, 6.07) is 12.0. The van der Waals surface area contributed by atoms with E-state index in [9.17, 15) is 9.90 Å². The zero-order chi connectivity index (χ0) is 13.2. The first-order valence-corrected chi connectivity index (χ1v) is 5.62. The van der Waals surface area contributed by atoms with Gasteiger partial charge in [-0.15, -0.1) is 0 Å². The lowest BCUT2D eigenvalue weighted by atomic mass is 10.1. The van der Waals surface area contributed by atoms with Gasteiger partial charge in [0.15, 0.2) is 5.76 Å². The summed E-state index contributed by atoms with van der Waals surface area (Å²) in [4.78, 5) is 16.7. The summed E-state index contributed by atoms with van der Waals surface area (Å²) in [6.07, 6.45) is 2.80. The maximum absolute atomic E-state index is 12.1. The Morgan fingerprint density at radius 3 is 2.58 bits per heavy atom. The van der Waals surface area contributed by atoms with Crippen LogP contribution in [-0.4, -0.2) is 16.9 Å². The first-order chi connectivity index (χ1) is 9.25. The average molecular weight is 255 g/mol. The summed E-state index contributed by atoms with van der Waals surface area (Å²) in [5.41, 5.74) is 0.552. The average Bonchev–Trinajstić information content (AvgIpc) is 3.01. The molecule has 0 unspecified atom stereocenters. The highest BCUT2D eigenvalue weighted by Crippen LogP contribution is 2.23. The Kier molecular flexibility index (Phi) is 2.64. The molecule has 2 heterocycles. The van der Waals surface area contributed by atoms with Crippen LogP contribution in [0.2, 0.25) is 0 Å². The van der Waals surface area contributed by atoms with Gasteiger partial charge in [0.05, 0.1) is 6.26 Å². The summed E-state index contributed by atoms with van der Waals surface area (Å²) in [5, 5.41) is 12.1. The summed E-state index contributed by atoms with van der Waals surface area (Å²) >= 11 is 0. The second-order valence-corrected chi connectivity index (χ2v) is 3.90. The van der Waals surface area contributed by atoms with Crippen LogP contribution in [0, 0.1) is 0 Å². The molecule has 0 radical (unpaired) electrons. The zero-order valence-electron chi connectivity index (χ0n) is 9.78. The molecule has 0 saturated heterocycles. The van der Waals surface area contributed by atoms with Crippen molar-refractivity contribution < 1.29 is 23.9 Å². The molecule has 94 valence electrons.